The van der Waals surface area contributed by atoms with Crippen molar-refractivity contribution in [3.8, 4) is 0 Å². The van der Waals surface area contributed by atoms with Crippen molar-refractivity contribution in [2.24, 2.45) is 0 Å². The number of carbonyl (C=O) groups excluding carboxylic acids is 2. The lowest BCUT2D eigenvalue weighted by Crippen LogP contribution is -2.43. The Morgan fingerprint density at radius 1 is 1.13 bits per heavy atom. The quantitative estimate of drug-likeness (QED) is 0.704. The van der Waals surface area contributed by atoms with E-state index in [-0.39, 0.29) is 30.1 Å². The Bertz CT molecular complexity index is 530. The van der Waals surface area contributed by atoms with Gasteiger partial charge in [-0.3, -0.25) is 4.79 Å². The number of urea groups is 1. The van der Waals surface area contributed by atoms with E-state index in [0.717, 1.165) is 12.8 Å². The zero-order chi connectivity index (χ0) is 16.5. The highest BCUT2D eigenvalue weighted by Crippen LogP contribution is 2.17. The van der Waals surface area contributed by atoms with Gasteiger partial charge in [-0.15, -0.1) is 0 Å². The molecule has 0 unspecified atom stereocenters. The average Bonchev–Trinajstić information content (AvgIpc) is 2.55. The fraction of sp³-hybridized carbons (Fsp3) is 0.529. The molecular weight excluding hydrogens is 297 g/mol. The van der Waals surface area contributed by atoms with Crippen molar-refractivity contribution in [1.82, 2.24) is 10.6 Å². The van der Waals surface area contributed by atoms with Gasteiger partial charge in [0.2, 0.25) is 5.91 Å². The number of nitrogens with one attached hydrogen (secondary N) is 3. The van der Waals surface area contributed by atoms with Crippen LogP contribution in [0.25, 0.3) is 0 Å². The molecule has 6 heteroatoms. The molecule has 1 aliphatic carbocycles. The minimum atomic E-state index is -0.453. The minimum absolute atomic E-state index is 0.175. The second-order valence-electron chi connectivity index (χ2n) is 5.87. The molecule has 1 aromatic carbocycles. The largest absolute Gasteiger partial charge is 0.338 e. The predicted molar refractivity (Wildman–Crippen MR) is 87.7 cm³/mol. The summed E-state index contributed by atoms with van der Waals surface area (Å²) in [5.41, 5.74) is 0.181. The molecule has 0 saturated heterocycles. The Kier molecular flexibility index (Phi) is 6.84. The van der Waals surface area contributed by atoms with Gasteiger partial charge in [-0.1, -0.05) is 31.4 Å². The number of halogens is 1. The molecule has 3 N–H and O–H groups in total. The van der Waals surface area contributed by atoms with Gasteiger partial charge in [0.15, 0.2) is 0 Å². The van der Waals surface area contributed by atoms with Crippen LogP contribution < -0.4 is 16.0 Å². The van der Waals surface area contributed by atoms with Crippen molar-refractivity contribution in [3.05, 3.63) is 30.1 Å². The average molecular weight is 321 g/mol. The van der Waals surface area contributed by atoms with Gasteiger partial charge in [0.05, 0.1) is 5.69 Å². The van der Waals surface area contributed by atoms with Crippen LogP contribution in [0.5, 0.6) is 0 Å². The van der Waals surface area contributed by atoms with Crippen LogP contribution >= 0.6 is 0 Å². The zero-order valence-electron chi connectivity index (χ0n) is 13.2. The first-order valence-electron chi connectivity index (χ1n) is 8.24. The smallest absolute Gasteiger partial charge is 0.315 e. The minimum Gasteiger partial charge on any atom is -0.338 e. The lowest BCUT2D eigenvalue weighted by molar-refractivity contribution is -0.116. The van der Waals surface area contributed by atoms with E-state index < -0.39 is 5.82 Å². The van der Waals surface area contributed by atoms with Crippen molar-refractivity contribution < 1.29 is 14.0 Å². The highest BCUT2D eigenvalue weighted by atomic mass is 19.1. The van der Waals surface area contributed by atoms with Crippen molar-refractivity contribution >= 4 is 17.6 Å². The molecule has 1 aromatic rings. The van der Waals surface area contributed by atoms with Gasteiger partial charge in [0, 0.05) is 19.0 Å². The third-order valence-electron chi connectivity index (χ3n) is 3.95. The first kappa shape index (κ1) is 17.2. The number of rotatable bonds is 6. The number of para-hydroxylation sites is 1. The van der Waals surface area contributed by atoms with Gasteiger partial charge in [-0.25, -0.2) is 9.18 Å². The Balaban J connectivity index is 1.58. The summed E-state index contributed by atoms with van der Waals surface area (Å²) in [6.07, 6.45) is 6.41. The van der Waals surface area contributed by atoms with Crippen LogP contribution in [-0.4, -0.2) is 24.5 Å². The fourth-order valence-corrected chi connectivity index (χ4v) is 2.71. The molecule has 126 valence electrons. The van der Waals surface area contributed by atoms with E-state index in [4.69, 9.17) is 0 Å². The van der Waals surface area contributed by atoms with Gasteiger partial charge in [0.25, 0.3) is 0 Å². The third kappa shape index (κ3) is 6.26. The Labute approximate surface area is 136 Å². The molecule has 3 amide bonds. The summed E-state index contributed by atoms with van der Waals surface area (Å²) in [5, 5.41) is 8.23. The van der Waals surface area contributed by atoms with Gasteiger partial charge in [-0.05, 0) is 31.4 Å². The standard InChI is InChI=1S/C17H24FN3O2/c18-14-9-4-5-10-15(14)21-16(22)11-6-12-19-17(23)20-13-7-2-1-3-8-13/h4-5,9-10,13H,1-3,6-8,11-12H2,(H,21,22)(H2,19,20,23). The first-order valence-corrected chi connectivity index (χ1v) is 8.24. The lowest BCUT2D eigenvalue weighted by atomic mass is 9.96. The molecule has 0 radical (unpaired) electrons. The number of carbonyl (C=O) groups is 2. The summed E-state index contributed by atoms with van der Waals surface area (Å²) in [4.78, 5) is 23.4. The molecule has 0 bridgehead atoms. The van der Waals surface area contributed by atoms with Crippen LogP contribution in [0.3, 0.4) is 0 Å². The topological polar surface area (TPSA) is 70.2 Å². The maximum absolute atomic E-state index is 13.4. The number of benzene rings is 1. The fourth-order valence-electron chi connectivity index (χ4n) is 2.71. The van der Waals surface area contributed by atoms with Crippen LogP contribution in [0.4, 0.5) is 14.9 Å². The van der Waals surface area contributed by atoms with Crippen LogP contribution in [0, 0.1) is 5.82 Å². The van der Waals surface area contributed by atoms with Crippen molar-refractivity contribution in [2.45, 2.75) is 51.0 Å². The molecular formula is C17H24FN3O2. The monoisotopic (exact) mass is 321 g/mol. The molecule has 5 nitrogen and oxygen atoms in total. The molecule has 23 heavy (non-hydrogen) atoms. The SMILES string of the molecule is O=C(CCCNC(=O)NC1CCCCC1)Nc1ccccc1F. The Morgan fingerprint density at radius 2 is 1.87 bits per heavy atom. The summed E-state index contributed by atoms with van der Waals surface area (Å²) in [5.74, 6) is -0.713. The molecule has 1 aliphatic rings. The molecule has 0 aliphatic heterocycles. The van der Waals surface area contributed by atoms with E-state index in [9.17, 15) is 14.0 Å². The maximum atomic E-state index is 13.4. The van der Waals surface area contributed by atoms with Crippen molar-refractivity contribution in [2.75, 3.05) is 11.9 Å². The lowest BCUT2D eigenvalue weighted by Gasteiger charge is -2.22. The van der Waals surface area contributed by atoms with E-state index >= 15 is 0 Å². The van der Waals surface area contributed by atoms with E-state index in [1.165, 1.54) is 31.4 Å². The highest BCUT2D eigenvalue weighted by Gasteiger charge is 2.15. The van der Waals surface area contributed by atoms with E-state index in [1.807, 2.05) is 0 Å². The number of anilines is 1. The molecule has 1 fully saturated rings. The van der Waals surface area contributed by atoms with E-state index in [0.29, 0.717) is 13.0 Å². The van der Waals surface area contributed by atoms with Gasteiger partial charge < -0.3 is 16.0 Å². The molecule has 1 saturated carbocycles. The Morgan fingerprint density at radius 3 is 2.61 bits per heavy atom. The van der Waals surface area contributed by atoms with Gasteiger partial charge >= 0.3 is 6.03 Å². The molecule has 2 rings (SSSR count). The number of hydrogen-bond acceptors (Lipinski definition) is 2. The summed E-state index contributed by atoms with van der Waals surface area (Å²) >= 11 is 0. The first-order chi connectivity index (χ1) is 11.1. The molecule has 0 heterocycles. The summed E-state index contributed by atoms with van der Waals surface area (Å²) in [7, 11) is 0. The van der Waals surface area contributed by atoms with Gasteiger partial charge in [-0.2, -0.15) is 0 Å². The van der Waals surface area contributed by atoms with Gasteiger partial charge in [0.1, 0.15) is 5.82 Å². The van der Waals surface area contributed by atoms with E-state index in [1.54, 1.807) is 12.1 Å². The predicted octanol–water partition coefficient (Wildman–Crippen LogP) is 3.18. The van der Waals surface area contributed by atoms with Crippen LogP contribution in [0.15, 0.2) is 24.3 Å². The van der Waals surface area contributed by atoms with Crippen molar-refractivity contribution in [3.63, 3.8) is 0 Å². The van der Waals surface area contributed by atoms with Crippen LogP contribution in [0.1, 0.15) is 44.9 Å². The molecule has 0 aromatic heterocycles. The maximum Gasteiger partial charge on any atom is 0.315 e. The molecule has 0 atom stereocenters. The second kappa shape index (κ2) is 9.12. The van der Waals surface area contributed by atoms with Crippen LogP contribution in [-0.2, 0) is 4.79 Å². The zero-order valence-corrected chi connectivity index (χ0v) is 13.2. The second-order valence-corrected chi connectivity index (χ2v) is 5.87. The van der Waals surface area contributed by atoms with E-state index in [2.05, 4.69) is 16.0 Å². The summed E-state index contributed by atoms with van der Waals surface area (Å²) in [6.45, 7) is 0.420. The van der Waals surface area contributed by atoms with Crippen molar-refractivity contribution in [1.29, 1.82) is 0 Å². The molecule has 0 spiro atoms. The number of hydrogen-bond donors (Lipinski definition) is 3. The Hall–Kier alpha value is -2.11. The third-order valence-corrected chi connectivity index (χ3v) is 3.95. The van der Waals surface area contributed by atoms with Crippen LogP contribution in [0.2, 0.25) is 0 Å². The normalized spacial score (nSPS) is 15.0. The summed E-state index contributed by atoms with van der Waals surface area (Å²) in [6, 6.07) is 6.14. The summed E-state index contributed by atoms with van der Waals surface area (Å²) < 4.78 is 13.4. The highest BCUT2D eigenvalue weighted by molar-refractivity contribution is 5.90. The number of amides is 3.